The summed E-state index contributed by atoms with van der Waals surface area (Å²) in [6, 6.07) is 3.26. The number of hydrogen-bond donors (Lipinski definition) is 2. The number of hydrogen-bond acceptors (Lipinski definition) is 9. The van der Waals surface area contributed by atoms with Gasteiger partial charge in [0.25, 0.3) is 11.5 Å². The van der Waals surface area contributed by atoms with Gasteiger partial charge in [-0.3, -0.25) is 14.2 Å². The number of benzene rings is 1. The molecule has 38 heavy (non-hydrogen) atoms. The molecule has 14 heteroatoms. The van der Waals surface area contributed by atoms with Gasteiger partial charge in [-0.25, -0.2) is 17.8 Å². The van der Waals surface area contributed by atoms with Crippen molar-refractivity contribution < 1.29 is 36.9 Å². The maximum Gasteiger partial charge on any atom is 0.296 e. The van der Waals surface area contributed by atoms with Crippen LogP contribution in [-0.4, -0.2) is 72.0 Å². The zero-order chi connectivity index (χ0) is 27.3. The number of sulfonamides is 1. The maximum atomic E-state index is 14.2. The SMILES string of the molecule is CC1(C)OCCn2c1nc(C(=O)NCc1ccc(F)cc1S(=O)(=O)N1CCC3(CC1)OCCO3)c(O)c2=O. The largest absolute Gasteiger partial charge is 0.501 e. The minimum Gasteiger partial charge on any atom is -0.501 e. The van der Waals surface area contributed by atoms with Gasteiger partial charge in [-0.15, -0.1) is 0 Å². The van der Waals surface area contributed by atoms with Crippen LogP contribution in [-0.2, 0) is 42.9 Å². The lowest BCUT2D eigenvalue weighted by atomic mass is 10.1. The highest BCUT2D eigenvalue weighted by Gasteiger charge is 2.43. The third kappa shape index (κ3) is 4.71. The minimum absolute atomic E-state index is 0.124. The van der Waals surface area contributed by atoms with Crippen molar-refractivity contribution in [2.24, 2.45) is 0 Å². The van der Waals surface area contributed by atoms with E-state index in [-0.39, 0.29) is 49.1 Å². The smallest absolute Gasteiger partial charge is 0.296 e. The van der Waals surface area contributed by atoms with E-state index in [4.69, 9.17) is 14.2 Å². The zero-order valence-corrected chi connectivity index (χ0v) is 21.8. The molecule has 0 atom stereocenters. The molecule has 0 saturated carbocycles. The third-order valence-electron chi connectivity index (χ3n) is 7.06. The summed E-state index contributed by atoms with van der Waals surface area (Å²) in [6.45, 7) is 4.62. The first-order valence-electron chi connectivity index (χ1n) is 12.3. The van der Waals surface area contributed by atoms with Crippen molar-refractivity contribution in [3.63, 3.8) is 0 Å². The average Bonchev–Trinajstić information content (AvgIpc) is 3.33. The van der Waals surface area contributed by atoms with Crippen molar-refractivity contribution in [2.75, 3.05) is 32.9 Å². The molecule has 0 unspecified atom stereocenters. The van der Waals surface area contributed by atoms with Crippen LogP contribution >= 0.6 is 0 Å². The predicted molar refractivity (Wildman–Crippen MR) is 129 cm³/mol. The number of ether oxygens (including phenoxy) is 3. The number of amides is 1. The third-order valence-corrected chi connectivity index (χ3v) is 9.04. The quantitative estimate of drug-likeness (QED) is 0.550. The first-order valence-corrected chi connectivity index (χ1v) is 13.7. The average molecular weight is 553 g/mol. The molecule has 0 aliphatic carbocycles. The van der Waals surface area contributed by atoms with E-state index >= 15 is 0 Å². The highest BCUT2D eigenvalue weighted by Crippen LogP contribution is 2.34. The van der Waals surface area contributed by atoms with Gasteiger partial charge in [-0.1, -0.05) is 6.07 Å². The lowest BCUT2D eigenvalue weighted by molar-refractivity contribution is -0.179. The highest BCUT2D eigenvalue weighted by molar-refractivity contribution is 7.89. The molecule has 1 aromatic heterocycles. The lowest BCUT2D eigenvalue weighted by Gasteiger charge is -2.37. The molecule has 5 rings (SSSR count). The molecule has 0 bridgehead atoms. The van der Waals surface area contributed by atoms with Crippen molar-refractivity contribution in [2.45, 2.75) is 56.1 Å². The second-order valence-electron chi connectivity index (χ2n) is 9.89. The maximum absolute atomic E-state index is 14.2. The van der Waals surface area contributed by atoms with Gasteiger partial charge in [0.1, 0.15) is 17.2 Å². The van der Waals surface area contributed by atoms with E-state index in [0.29, 0.717) is 26.1 Å². The van der Waals surface area contributed by atoms with Crippen LogP contribution in [0, 0.1) is 5.82 Å². The fraction of sp³-hybridized carbons (Fsp3) is 0.542. The Morgan fingerprint density at radius 3 is 2.50 bits per heavy atom. The standard InChI is InChI=1S/C24H29FN4O8S/c1-23(2)22-27-18(19(30)21(32)29(22)9-10-35-23)20(31)26-14-15-3-4-16(25)13-17(15)38(33,34)28-7-5-24(6-8-28)36-11-12-37-24/h3-4,13,30H,5-12,14H2,1-2H3,(H,26,31). The predicted octanol–water partition coefficient (Wildman–Crippen LogP) is 0.811. The van der Waals surface area contributed by atoms with Gasteiger partial charge in [0, 0.05) is 32.5 Å². The van der Waals surface area contributed by atoms with E-state index in [1.165, 1.54) is 14.9 Å². The molecule has 2 saturated heterocycles. The number of aromatic hydroxyl groups is 1. The van der Waals surface area contributed by atoms with Gasteiger partial charge in [0.05, 0.1) is 31.3 Å². The Kier molecular flexibility index (Phi) is 6.80. The summed E-state index contributed by atoms with van der Waals surface area (Å²) in [7, 11) is -4.12. The molecule has 206 valence electrons. The summed E-state index contributed by atoms with van der Waals surface area (Å²) in [5.74, 6) is -3.08. The number of fused-ring (bicyclic) bond motifs is 1. The molecule has 2 fully saturated rings. The van der Waals surface area contributed by atoms with E-state index < -0.39 is 50.1 Å². The number of nitrogens with zero attached hydrogens (tertiary/aromatic N) is 3. The first-order chi connectivity index (χ1) is 17.9. The van der Waals surface area contributed by atoms with Gasteiger partial charge in [-0.05, 0) is 31.5 Å². The van der Waals surface area contributed by atoms with Gasteiger partial charge >= 0.3 is 0 Å². The van der Waals surface area contributed by atoms with Crippen LogP contribution in [0.2, 0.25) is 0 Å². The van der Waals surface area contributed by atoms with Gasteiger partial charge in [-0.2, -0.15) is 4.31 Å². The van der Waals surface area contributed by atoms with Crippen LogP contribution < -0.4 is 10.9 Å². The number of halogens is 1. The van der Waals surface area contributed by atoms with E-state index in [0.717, 1.165) is 12.1 Å². The Morgan fingerprint density at radius 2 is 1.82 bits per heavy atom. The summed E-state index contributed by atoms with van der Waals surface area (Å²) in [4.78, 5) is 29.6. The molecule has 12 nitrogen and oxygen atoms in total. The molecular formula is C24H29FN4O8S. The van der Waals surface area contributed by atoms with E-state index in [9.17, 15) is 27.5 Å². The normalized spacial score (nSPS) is 20.8. The molecule has 2 aromatic rings. The van der Waals surface area contributed by atoms with Crippen molar-refractivity contribution in [3.05, 3.63) is 51.5 Å². The van der Waals surface area contributed by atoms with E-state index in [2.05, 4.69) is 10.3 Å². The van der Waals surface area contributed by atoms with Crippen LogP contribution in [0.1, 0.15) is 48.6 Å². The van der Waals surface area contributed by atoms with E-state index in [1.807, 2.05) is 0 Å². The summed E-state index contributed by atoms with van der Waals surface area (Å²) in [5.41, 5.74) is -2.13. The summed E-state index contributed by atoms with van der Waals surface area (Å²) < 4.78 is 60.6. The van der Waals surface area contributed by atoms with E-state index in [1.54, 1.807) is 13.8 Å². The first kappa shape index (κ1) is 26.7. The van der Waals surface area contributed by atoms with Crippen LogP contribution in [0.25, 0.3) is 0 Å². The number of aromatic nitrogens is 2. The highest BCUT2D eigenvalue weighted by atomic mass is 32.2. The second-order valence-corrected chi connectivity index (χ2v) is 11.8. The Labute approximate surface area is 218 Å². The number of nitrogens with one attached hydrogen (secondary N) is 1. The lowest BCUT2D eigenvalue weighted by Crippen LogP contribution is -2.47. The number of carbonyl (C=O) groups excluding carboxylic acids is 1. The molecule has 0 radical (unpaired) electrons. The summed E-state index contributed by atoms with van der Waals surface area (Å²) >= 11 is 0. The molecule has 1 aromatic carbocycles. The van der Waals surface area contributed by atoms with Crippen molar-refractivity contribution in [1.82, 2.24) is 19.2 Å². The number of carbonyl (C=O) groups is 1. The topological polar surface area (TPSA) is 149 Å². The van der Waals surface area contributed by atoms with Crippen LogP contribution in [0.3, 0.4) is 0 Å². The number of rotatable bonds is 5. The van der Waals surface area contributed by atoms with Crippen LogP contribution in [0.15, 0.2) is 27.9 Å². The van der Waals surface area contributed by atoms with Gasteiger partial charge < -0.3 is 24.6 Å². The van der Waals surface area contributed by atoms with Crippen molar-refractivity contribution in [3.8, 4) is 5.75 Å². The zero-order valence-electron chi connectivity index (χ0n) is 21.0. The summed E-state index contributed by atoms with van der Waals surface area (Å²) in [6.07, 6.45) is 0.680. The van der Waals surface area contributed by atoms with Crippen LogP contribution in [0.5, 0.6) is 5.75 Å². The summed E-state index contributed by atoms with van der Waals surface area (Å²) in [5, 5.41) is 12.9. The van der Waals surface area contributed by atoms with Crippen LogP contribution in [0.4, 0.5) is 4.39 Å². The molecule has 2 N–H and O–H groups in total. The fourth-order valence-electron chi connectivity index (χ4n) is 4.99. The monoisotopic (exact) mass is 552 g/mol. The molecule has 3 aliphatic rings. The molecule has 1 amide bonds. The van der Waals surface area contributed by atoms with Gasteiger partial charge in [0.2, 0.25) is 15.8 Å². The Balaban J connectivity index is 1.38. The molecular weight excluding hydrogens is 523 g/mol. The fourth-order valence-corrected chi connectivity index (χ4v) is 6.67. The minimum atomic E-state index is -4.12. The Morgan fingerprint density at radius 1 is 1.13 bits per heavy atom. The molecule has 3 aliphatic heterocycles. The Bertz CT molecular complexity index is 1430. The second kappa shape index (κ2) is 9.68. The van der Waals surface area contributed by atoms with Crippen molar-refractivity contribution >= 4 is 15.9 Å². The molecule has 1 spiro atoms. The Hall–Kier alpha value is -2.91. The van der Waals surface area contributed by atoms with Gasteiger partial charge in [0.15, 0.2) is 11.5 Å². The number of piperidine rings is 1. The van der Waals surface area contributed by atoms with Crippen molar-refractivity contribution in [1.29, 1.82) is 0 Å². The molecule has 4 heterocycles.